The molecule has 0 saturated heterocycles. The quantitative estimate of drug-likeness (QED) is 0.285. The number of rotatable bonds is 8. The number of benzene rings is 1. The first-order valence-corrected chi connectivity index (χ1v) is 9.01. The predicted molar refractivity (Wildman–Crippen MR) is 92.6 cm³/mol. The van der Waals surface area contributed by atoms with Crippen LogP contribution in [0.5, 0.6) is 0 Å². The van der Waals surface area contributed by atoms with Crippen LogP contribution in [0.15, 0.2) is 40.9 Å². The Labute approximate surface area is 152 Å². The number of hydrogen-bond acceptors (Lipinski definition) is 7. The molecule has 140 valence electrons. The standard InChI is InChI=1S/C16H20N4O5S/c1-4-25-16(22)13(9-17)10-18-19-15(21)11-20(3)26(23,24)14-7-5-12(2)6-8-14/h5-8,10,18H,4,11H2,1-3H3,(H,19,21)/b13-10+. The van der Waals surface area contributed by atoms with Gasteiger partial charge in [-0.05, 0) is 26.0 Å². The molecule has 1 aromatic rings. The van der Waals surface area contributed by atoms with Crippen LogP contribution in [-0.2, 0) is 24.3 Å². The van der Waals surface area contributed by atoms with E-state index in [1.165, 1.54) is 19.2 Å². The van der Waals surface area contributed by atoms with Crippen LogP contribution in [-0.4, -0.2) is 44.8 Å². The third-order valence-corrected chi connectivity index (χ3v) is 4.96. The highest BCUT2D eigenvalue weighted by Gasteiger charge is 2.22. The molecule has 1 amide bonds. The lowest BCUT2D eigenvalue weighted by atomic mass is 10.2. The highest BCUT2D eigenvalue weighted by Crippen LogP contribution is 2.14. The van der Waals surface area contributed by atoms with Gasteiger partial charge in [0.1, 0.15) is 6.07 Å². The van der Waals surface area contributed by atoms with Gasteiger partial charge in [0.15, 0.2) is 5.57 Å². The van der Waals surface area contributed by atoms with Crippen LogP contribution in [0.25, 0.3) is 0 Å². The van der Waals surface area contributed by atoms with Crippen LogP contribution in [0.4, 0.5) is 0 Å². The first kappa shape index (κ1) is 21.1. The molecular formula is C16H20N4O5S. The average molecular weight is 380 g/mol. The molecule has 0 saturated carbocycles. The largest absolute Gasteiger partial charge is 0.462 e. The molecule has 0 aliphatic heterocycles. The maximum Gasteiger partial charge on any atom is 0.350 e. The summed E-state index contributed by atoms with van der Waals surface area (Å²) in [4.78, 5) is 23.3. The van der Waals surface area contributed by atoms with Crippen LogP contribution >= 0.6 is 0 Å². The second kappa shape index (κ2) is 9.55. The average Bonchev–Trinajstić information content (AvgIpc) is 2.59. The van der Waals surface area contributed by atoms with Crippen molar-refractivity contribution >= 4 is 21.9 Å². The van der Waals surface area contributed by atoms with Gasteiger partial charge in [-0.1, -0.05) is 17.7 Å². The molecule has 0 spiro atoms. The molecule has 0 bridgehead atoms. The number of amides is 1. The molecule has 0 aliphatic carbocycles. The third-order valence-electron chi connectivity index (χ3n) is 3.14. The van der Waals surface area contributed by atoms with Crippen molar-refractivity contribution in [1.82, 2.24) is 15.2 Å². The molecule has 9 nitrogen and oxygen atoms in total. The Balaban J connectivity index is 2.66. The van der Waals surface area contributed by atoms with E-state index in [2.05, 4.69) is 15.6 Å². The van der Waals surface area contributed by atoms with E-state index in [1.807, 2.05) is 6.92 Å². The summed E-state index contributed by atoms with van der Waals surface area (Å²) in [6, 6.07) is 7.85. The van der Waals surface area contributed by atoms with E-state index in [9.17, 15) is 18.0 Å². The Morgan fingerprint density at radius 1 is 1.31 bits per heavy atom. The fourth-order valence-corrected chi connectivity index (χ4v) is 2.88. The smallest absolute Gasteiger partial charge is 0.350 e. The summed E-state index contributed by atoms with van der Waals surface area (Å²) in [6.45, 7) is 3.06. The molecule has 0 aromatic heterocycles. The Morgan fingerprint density at radius 2 is 1.92 bits per heavy atom. The highest BCUT2D eigenvalue weighted by molar-refractivity contribution is 7.89. The number of hydrogen-bond donors (Lipinski definition) is 2. The monoisotopic (exact) mass is 380 g/mol. The number of nitrogens with one attached hydrogen (secondary N) is 2. The molecule has 2 N–H and O–H groups in total. The predicted octanol–water partition coefficient (Wildman–Crippen LogP) is 0.207. The fourth-order valence-electron chi connectivity index (χ4n) is 1.75. The summed E-state index contributed by atoms with van der Waals surface area (Å²) in [5.74, 6) is -1.52. The topological polar surface area (TPSA) is 129 Å². The number of carbonyl (C=O) groups is 2. The van der Waals surface area contributed by atoms with Crippen LogP contribution in [0.3, 0.4) is 0 Å². The lowest BCUT2D eigenvalue weighted by molar-refractivity contribution is -0.138. The minimum absolute atomic E-state index is 0.0698. The molecule has 0 fully saturated rings. The van der Waals surface area contributed by atoms with Crippen molar-refractivity contribution in [2.24, 2.45) is 0 Å². The maximum absolute atomic E-state index is 12.4. The second-order valence-corrected chi connectivity index (χ2v) is 7.20. The fraction of sp³-hybridized carbons (Fsp3) is 0.312. The molecule has 26 heavy (non-hydrogen) atoms. The molecule has 0 unspecified atom stereocenters. The van der Waals surface area contributed by atoms with Crippen LogP contribution < -0.4 is 10.9 Å². The highest BCUT2D eigenvalue weighted by atomic mass is 32.2. The van der Waals surface area contributed by atoms with Crippen molar-refractivity contribution < 1.29 is 22.7 Å². The van der Waals surface area contributed by atoms with Crippen molar-refractivity contribution in [1.29, 1.82) is 5.26 Å². The van der Waals surface area contributed by atoms with E-state index in [0.717, 1.165) is 16.1 Å². The van der Waals surface area contributed by atoms with Gasteiger partial charge in [0.05, 0.1) is 18.0 Å². The maximum atomic E-state index is 12.4. The summed E-state index contributed by atoms with van der Waals surface area (Å²) in [7, 11) is -2.55. The molecular weight excluding hydrogens is 360 g/mol. The lowest BCUT2D eigenvalue weighted by Crippen LogP contribution is -2.42. The van der Waals surface area contributed by atoms with Crippen molar-refractivity contribution in [3.8, 4) is 6.07 Å². The zero-order valence-electron chi connectivity index (χ0n) is 14.6. The molecule has 0 atom stereocenters. The third kappa shape index (κ3) is 5.87. The van der Waals surface area contributed by atoms with E-state index in [4.69, 9.17) is 5.26 Å². The van der Waals surface area contributed by atoms with Crippen molar-refractivity contribution in [2.45, 2.75) is 18.7 Å². The van der Waals surface area contributed by atoms with Gasteiger partial charge in [0.25, 0.3) is 5.91 Å². The van der Waals surface area contributed by atoms with Gasteiger partial charge < -0.3 is 10.2 Å². The summed E-state index contributed by atoms with van der Waals surface area (Å²) in [6.07, 6.45) is 0.963. The zero-order chi connectivity index (χ0) is 19.7. The Hall–Kier alpha value is -2.90. The van der Waals surface area contributed by atoms with Gasteiger partial charge in [-0.3, -0.25) is 10.2 Å². The SMILES string of the molecule is CCOC(=O)/C(C#N)=C/NNC(=O)CN(C)S(=O)(=O)c1ccc(C)cc1. The first-order valence-electron chi connectivity index (χ1n) is 7.57. The number of nitriles is 1. The lowest BCUT2D eigenvalue weighted by Gasteiger charge is -2.17. The number of hydrazine groups is 1. The van der Waals surface area contributed by atoms with Crippen LogP contribution in [0.2, 0.25) is 0 Å². The summed E-state index contributed by atoms with van der Waals surface area (Å²) in [5.41, 5.74) is 5.02. The number of nitrogens with zero attached hydrogens (tertiary/aromatic N) is 2. The number of sulfonamides is 1. The van der Waals surface area contributed by atoms with Gasteiger partial charge in [0.2, 0.25) is 10.0 Å². The van der Waals surface area contributed by atoms with Crippen LogP contribution in [0, 0.1) is 18.3 Å². The molecule has 0 radical (unpaired) electrons. The van der Waals surface area contributed by atoms with E-state index in [1.54, 1.807) is 25.1 Å². The molecule has 1 rings (SSSR count). The number of ether oxygens (including phenoxy) is 1. The van der Waals surface area contributed by atoms with E-state index in [0.29, 0.717) is 0 Å². The van der Waals surface area contributed by atoms with E-state index < -0.39 is 28.4 Å². The van der Waals surface area contributed by atoms with Gasteiger partial charge in [-0.25, -0.2) is 13.2 Å². The number of esters is 1. The van der Waals surface area contributed by atoms with Crippen molar-refractivity contribution in [2.75, 3.05) is 20.2 Å². The Bertz CT molecular complexity index is 825. The minimum atomic E-state index is -3.81. The van der Waals surface area contributed by atoms with Crippen molar-refractivity contribution in [3.05, 3.63) is 41.6 Å². The normalized spacial score (nSPS) is 11.6. The van der Waals surface area contributed by atoms with Gasteiger partial charge >= 0.3 is 5.97 Å². The first-order chi connectivity index (χ1) is 12.2. The number of likely N-dealkylation sites (N-methyl/N-ethyl adjacent to an activating group) is 1. The van der Waals surface area contributed by atoms with Crippen molar-refractivity contribution in [3.63, 3.8) is 0 Å². The second-order valence-electron chi connectivity index (χ2n) is 5.16. The van der Waals surface area contributed by atoms with E-state index in [-0.39, 0.29) is 17.1 Å². The van der Waals surface area contributed by atoms with Gasteiger partial charge in [-0.2, -0.15) is 9.57 Å². The Morgan fingerprint density at radius 3 is 2.46 bits per heavy atom. The van der Waals surface area contributed by atoms with Crippen LogP contribution in [0.1, 0.15) is 12.5 Å². The molecule has 10 heteroatoms. The van der Waals surface area contributed by atoms with Gasteiger partial charge in [0, 0.05) is 13.2 Å². The minimum Gasteiger partial charge on any atom is -0.462 e. The zero-order valence-corrected chi connectivity index (χ0v) is 15.5. The molecule has 0 heterocycles. The molecule has 0 aliphatic rings. The number of aryl methyl sites for hydroxylation is 1. The summed E-state index contributed by atoms with van der Waals surface area (Å²) < 4.78 is 30.3. The van der Waals surface area contributed by atoms with Gasteiger partial charge in [-0.15, -0.1) is 0 Å². The number of carbonyl (C=O) groups excluding carboxylic acids is 2. The van der Waals surface area contributed by atoms with E-state index >= 15 is 0 Å². The summed E-state index contributed by atoms with van der Waals surface area (Å²) in [5, 5.41) is 8.83. The summed E-state index contributed by atoms with van der Waals surface area (Å²) >= 11 is 0. The Kier molecular flexibility index (Phi) is 7.77. The molecule has 1 aromatic carbocycles.